The van der Waals surface area contributed by atoms with E-state index >= 15 is 0 Å². The van der Waals surface area contributed by atoms with Crippen molar-refractivity contribution in [1.82, 2.24) is 10.1 Å². The molecule has 0 fully saturated rings. The first kappa shape index (κ1) is 17.8. The van der Waals surface area contributed by atoms with Crippen LogP contribution in [0.25, 0.3) is 22.4 Å². The van der Waals surface area contributed by atoms with Gasteiger partial charge in [-0.3, -0.25) is 4.79 Å². The molecule has 0 bridgehead atoms. The predicted octanol–water partition coefficient (Wildman–Crippen LogP) is 4.09. The fraction of sp³-hybridized carbons (Fsp3) is 0.190. The zero-order valence-electron chi connectivity index (χ0n) is 15.5. The number of hydrogen-bond donors (Lipinski definition) is 0. The second-order valence-electron chi connectivity index (χ2n) is 6.31. The lowest BCUT2D eigenvalue weighted by Crippen LogP contribution is -2.07. The van der Waals surface area contributed by atoms with Crippen LogP contribution in [0.3, 0.4) is 0 Å². The lowest BCUT2D eigenvalue weighted by molar-refractivity contribution is -0.144. The first-order chi connectivity index (χ1) is 13.6. The summed E-state index contributed by atoms with van der Waals surface area (Å²) in [5, 5.41) is 4.83. The van der Waals surface area contributed by atoms with Crippen molar-refractivity contribution in [2.45, 2.75) is 20.0 Å². The highest BCUT2D eigenvalue weighted by molar-refractivity contribution is 5.86. The number of aromatic nitrogens is 2. The molecule has 4 aromatic rings. The van der Waals surface area contributed by atoms with Crippen LogP contribution >= 0.6 is 0 Å². The quantitative estimate of drug-likeness (QED) is 0.467. The van der Waals surface area contributed by atoms with Crippen molar-refractivity contribution in [3.05, 3.63) is 65.7 Å². The molecule has 28 heavy (non-hydrogen) atoms. The van der Waals surface area contributed by atoms with Gasteiger partial charge in [0.25, 0.3) is 5.89 Å². The number of carbonyl (C=O) groups is 1. The fourth-order valence-corrected chi connectivity index (χ4v) is 2.93. The molecule has 0 aliphatic heterocycles. The summed E-state index contributed by atoms with van der Waals surface area (Å²) in [7, 11) is 1.57. The maximum Gasteiger partial charge on any atom is 0.310 e. The molecule has 7 nitrogen and oxygen atoms in total. The Balaban J connectivity index is 1.40. The molecular formula is C21H18N2O5. The molecular weight excluding hydrogens is 360 g/mol. The van der Waals surface area contributed by atoms with Crippen LogP contribution in [-0.4, -0.2) is 23.2 Å². The molecule has 0 amide bonds. The summed E-state index contributed by atoms with van der Waals surface area (Å²) in [6.45, 7) is 1.88. The van der Waals surface area contributed by atoms with Crippen LogP contribution in [0.2, 0.25) is 0 Å². The maximum atomic E-state index is 12.2. The van der Waals surface area contributed by atoms with Gasteiger partial charge in [-0.15, -0.1) is 0 Å². The van der Waals surface area contributed by atoms with E-state index in [2.05, 4.69) is 10.1 Å². The molecule has 2 heterocycles. The third kappa shape index (κ3) is 3.59. The van der Waals surface area contributed by atoms with Crippen molar-refractivity contribution >= 4 is 16.9 Å². The molecule has 0 radical (unpaired) electrons. The minimum absolute atomic E-state index is 0.101. The number of ether oxygens (including phenoxy) is 2. The van der Waals surface area contributed by atoms with Gasteiger partial charge < -0.3 is 18.4 Å². The Bertz CT molecular complexity index is 1130. The van der Waals surface area contributed by atoms with E-state index < -0.39 is 5.97 Å². The van der Waals surface area contributed by atoms with Crippen LogP contribution in [0.5, 0.6) is 5.75 Å². The topological polar surface area (TPSA) is 87.6 Å². The van der Waals surface area contributed by atoms with E-state index in [1.165, 1.54) is 0 Å². The number of aryl methyl sites for hydroxylation is 1. The van der Waals surface area contributed by atoms with Gasteiger partial charge in [-0.05, 0) is 30.7 Å². The van der Waals surface area contributed by atoms with E-state index in [0.717, 1.165) is 22.1 Å². The normalized spacial score (nSPS) is 10.9. The summed E-state index contributed by atoms with van der Waals surface area (Å²) in [4.78, 5) is 16.5. The minimum atomic E-state index is -0.402. The molecule has 0 saturated carbocycles. The van der Waals surface area contributed by atoms with Crippen molar-refractivity contribution < 1.29 is 23.2 Å². The van der Waals surface area contributed by atoms with Crippen LogP contribution in [0, 0.1) is 6.92 Å². The van der Waals surface area contributed by atoms with Gasteiger partial charge in [0.05, 0.1) is 25.4 Å². The van der Waals surface area contributed by atoms with Crippen LogP contribution < -0.4 is 4.74 Å². The number of nitrogens with zero attached hydrogens (tertiary/aromatic N) is 2. The van der Waals surface area contributed by atoms with Gasteiger partial charge in [0, 0.05) is 10.9 Å². The summed E-state index contributed by atoms with van der Waals surface area (Å²) in [6.07, 6.45) is 1.68. The Labute approximate surface area is 160 Å². The molecule has 0 saturated heterocycles. The number of hydrogen-bond acceptors (Lipinski definition) is 7. The summed E-state index contributed by atoms with van der Waals surface area (Å²) in [5.41, 5.74) is 3.33. The summed E-state index contributed by atoms with van der Waals surface area (Å²) < 4.78 is 21.2. The second kappa shape index (κ2) is 7.56. The van der Waals surface area contributed by atoms with Gasteiger partial charge in [0.15, 0.2) is 6.61 Å². The van der Waals surface area contributed by atoms with Gasteiger partial charge in [-0.25, -0.2) is 0 Å². The predicted molar refractivity (Wildman–Crippen MR) is 101 cm³/mol. The van der Waals surface area contributed by atoms with E-state index in [1.54, 1.807) is 13.4 Å². The largest absolute Gasteiger partial charge is 0.496 e. The van der Waals surface area contributed by atoms with Gasteiger partial charge >= 0.3 is 5.97 Å². The Kier molecular flexibility index (Phi) is 4.80. The van der Waals surface area contributed by atoms with E-state index in [4.69, 9.17) is 18.4 Å². The summed E-state index contributed by atoms with van der Waals surface area (Å²) in [6, 6.07) is 13.2. The van der Waals surface area contributed by atoms with Gasteiger partial charge in [-0.2, -0.15) is 4.98 Å². The highest BCUT2D eigenvalue weighted by Gasteiger charge is 2.16. The van der Waals surface area contributed by atoms with E-state index in [-0.39, 0.29) is 18.9 Å². The Morgan fingerprint density at radius 3 is 2.89 bits per heavy atom. The number of furan rings is 1. The zero-order valence-corrected chi connectivity index (χ0v) is 15.5. The van der Waals surface area contributed by atoms with E-state index in [1.807, 2.05) is 49.4 Å². The standard InChI is InChI=1S/C21H18N2O5/c1-13-7-8-15-14(11-26-18(15)9-13)10-20(24)27-12-19-22-21(23-28-19)16-5-3-4-6-17(16)25-2/h3-9,11H,10,12H2,1-2H3. The number of methoxy groups -OCH3 is 1. The Morgan fingerprint density at radius 1 is 1.18 bits per heavy atom. The monoisotopic (exact) mass is 378 g/mol. The number of para-hydroxylation sites is 1. The number of carbonyl (C=O) groups excluding carboxylic acids is 1. The minimum Gasteiger partial charge on any atom is -0.496 e. The average molecular weight is 378 g/mol. The molecule has 0 unspecified atom stereocenters. The average Bonchev–Trinajstić information content (AvgIpc) is 3.33. The molecule has 142 valence electrons. The number of fused-ring (bicyclic) bond motifs is 1. The third-order valence-electron chi connectivity index (χ3n) is 4.32. The molecule has 0 atom stereocenters. The number of benzene rings is 2. The van der Waals surface area contributed by atoms with E-state index in [9.17, 15) is 4.79 Å². The molecule has 2 aromatic carbocycles. The number of esters is 1. The second-order valence-corrected chi connectivity index (χ2v) is 6.31. The molecule has 0 N–H and O–H groups in total. The molecule has 0 aliphatic rings. The SMILES string of the molecule is COc1ccccc1-c1noc(COC(=O)Cc2coc3cc(C)ccc23)n1. The number of rotatable bonds is 6. The van der Waals surface area contributed by atoms with Crippen molar-refractivity contribution in [1.29, 1.82) is 0 Å². The molecule has 2 aromatic heterocycles. The molecule has 4 rings (SSSR count). The lowest BCUT2D eigenvalue weighted by Gasteiger charge is -2.03. The Morgan fingerprint density at radius 2 is 2.04 bits per heavy atom. The maximum absolute atomic E-state index is 12.2. The lowest BCUT2D eigenvalue weighted by atomic mass is 10.1. The molecule has 7 heteroatoms. The van der Waals surface area contributed by atoms with Gasteiger partial charge in [0.1, 0.15) is 11.3 Å². The van der Waals surface area contributed by atoms with Crippen LogP contribution in [0.1, 0.15) is 17.0 Å². The Hall–Kier alpha value is -3.61. The zero-order chi connectivity index (χ0) is 19.5. The van der Waals surface area contributed by atoms with Crippen molar-refractivity contribution in [2.75, 3.05) is 7.11 Å². The van der Waals surface area contributed by atoms with Gasteiger partial charge in [-0.1, -0.05) is 29.4 Å². The van der Waals surface area contributed by atoms with Crippen molar-refractivity contribution in [3.63, 3.8) is 0 Å². The van der Waals surface area contributed by atoms with Gasteiger partial charge in [0.2, 0.25) is 5.82 Å². The van der Waals surface area contributed by atoms with Crippen molar-refractivity contribution in [3.8, 4) is 17.1 Å². The highest BCUT2D eigenvalue weighted by atomic mass is 16.6. The van der Waals surface area contributed by atoms with Crippen LogP contribution in [-0.2, 0) is 22.6 Å². The summed E-state index contributed by atoms with van der Waals surface area (Å²) in [5.74, 6) is 0.816. The summed E-state index contributed by atoms with van der Waals surface area (Å²) >= 11 is 0. The highest BCUT2D eigenvalue weighted by Crippen LogP contribution is 2.27. The third-order valence-corrected chi connectivity index (χ3v) is 4.32. The first-order valence-electron chi connectivity index (χ1n) is 8.72. The van der Waals surface area contributed by atoms with Crippen LogP contribution in [0.4, 0.5) is 0 Å². The smallest absolute Gasteiger partial charge is 0.310 e. The molecule has 0 aliphatic carbocycles. The van der Waals surface area contributed by atoms with Crippen LogP contribution in [0.15, 0.2) is 57.7 Å². The first-order valence-corrected chi connectivity index (χ1v) is 8.72. The fourth-order valence-electron chi connectivity index (χ4n) is 2.93. The molecule has 0 spiro atoms. The van der Waals surface area contributed by atoms with E-state index in [0.29, 0.717) is 17.1 Å². The van der Waals surface area contributed by atoms with Crippen molar-refractivity contribution in [2.24, 2.45) is 0 Å².